The van der Waals surface area contributed by atoms with E-state index in [1.807, 2.05) is 30.3 Å². The molecule has 2 aromatic rings. The van der Waals surface area contributed by atoms with E-state index in [9.17, 15) is 13.2 Å². The second-order valence-corrected chi connectivity index (χ2v) is 8.64. The van der Waals surface area contributed by atoms with E-state index in [-0.39, 0.29) is 29.8 Å². The van der Waals surface area contributed by atoms with Crippen molar-refractivity contribution >= 4 is 15.9 Å². The number of nitrogens with zero attached hydrogens (tertiary/aromatic N) is 1. The summed E-state index contributed by atoms with van der Waals surface area (Å²) in [6.07, 6.45) is 0. The molecule has 9 heteroatoms. The molecule has 0 bridgehead atoms. The van der Waals surface area contributed by atoms with Gasteiger partial charge in [0, 0.05) is 25.8 Å². The van der Waals surface area contributed by atoms with Crippen LogP contribution >= 0.6 is 0 Å². The van der Waals surface area contributed by atoms with Crippen LogP contribution in [-0.2, 0) is 26.1 Å². The monoisotopic (exact) mass is 436 g/mol. The second kappa shape index (κ2) is 11.0. The van der Waals surface area contributed by atoms with Crippen molar-refractivity contribution < 1.29 is 27.4 Å². The van der Waals surface area contributed by atoms with Gasteiger partial charge in [-0.05, 0) is 24.6 Å². The van der Waals surface area contributed by atoms with Gasteiger partial charge in [-0.2, -0.15) is 4.31 Å². The van der Waals surface area contributed by atoms with Crippen molar-refractivity contribution in [3.05, 3.63) is 54.1 Å². The number of nitrogens with one attached hydrogen (secondary N) is 1. The summed E-state index contributed by atoms with van der Waals surface area (Å²) in [5, 5.41) is 2.75. The number of benzene rings is 2. The summed E-state index contributed by atoms with van der Waals surface area (Å²) >= 11 is 0. The molecule has 0 spiro atoms. The molecule has 0 aromatic heterocycles. The van der Waals surface area contributed by atoms with Crippen LogP contribution in [-0.4, -0.2) is 59.2 Å². The van der Waals surface area contributed by atoms with Crippen LogP contribution in [0.4, 0.5) is 0 Å². The molecule has 0 aliphatic carbocycles. The topological polar surface area (TPSA) is 94.2 Å². The number of methoxy groups -OCH3 is 3. The first kappa shape index (κ1) is 23.7. The van der Waals surface area contributed by atoms with Crippen molar-refractivity contribution in [1.82, 2.24) is 9.62 Å². The molecule has 1 N–H and O–H groups in total. The van der Waals surface area contributed by atoms with Crippen LogP contribution in [0.25, 0.3) is 0 Å². The first-order valence-corrected chi connectivity index (χ1v) is 10.8. The highest BCUT2D eigenvalue weighted by Crippen LogP contribution is 2.31. The minimum absolute atomic E-state index is 0.00817. The van der Waals surface area contributed by atoms with Crippen molar-refractivity contribution in [3.8, 4) is 11.5 Å². The summed E-state index contributed by atoms with van der Waals surface area (Å²) in [6.45, 7) is 1.82. The van der Waals surface area contributed by atoms with Gasteiger partial charge in [-0.15, -0.1) is 0 Å². The van der Waals surface area contributed by atoms with Gasteiger partial charge in [-0.3, -0.25) is 4.79 Å². The van der Waals surface area contributed by atoms with Gasteiger partial charge in [0.1, 0.15) is 0 Å². The zero-order chi connectivity index (χ0) is 22.1. The van der Waals surface area contributed by atoms with Gasteiger partial charge in [-0.1, -0.05) is 30.3 Å². The maximum atomic E-state index is 13.4. The Kier molecular flexibility index (Phi) is 8.64. The molecule has 0 heterocycles. The highest BCUT2D eigenvalue weighted by molar-refractivity contribution is 7.89. The summed E-state index contributed by atoms with van der Waals surface area (Å²) in [5.41, 5.74) is 0.763. The zero-order valence-electron chi connectivity index (χ0n) is 17.6. The van der Waals surface area contributed by atoms with E-state index in [4.69, 9.17) is 14.2 Å². The Hall–Kier alpha value is -2.62. The number of hydrogen-bond acceptors (Lipinski definition) is 6. The lowest BCUT2D eigenvalue weighted by Gasteiger charge is -2.23. The maximum Gasteiger partial charge on any atom is 0.243 e. The van der Waals surface area contributed by atoms with Gasteiger partial charge in [0.25, 0.3) is 0 Å². The van der Waals surface area contributed by atoms with Gasteiger partial charge >= 0.3 is 0 Å². The van der Waals surface area contributed by atoms with Crippen LogP contribution in [0.3, 0.4) is 0 Å². The Morgan fingerprint density at radius 1 is 1.03 bits per heavy atom. The quantitative estimate of drug-likeness (QED) is 0.579. The van der Waals surface area contributed by atoms with Crippen LogP contribution < -0.4 is 14.8 Å². The molecule has 1 atom stereocenters. The third-order valence-corrected chi connectivity index (χ3v) is 6.13. The van der Waals surface area contributed by atoms with Crippen LogP contribution in [0.1, 0.15) is 12.5 Å². The Morgan fingerprint density at radius 2 is 1.70 bits per heavy atom. The standard InChI is InChI=1S/C21H28N2O6S/c1-16(15-27-2)22-21(24)14-23(13-17-8-6-5-7-9-17)30(25,26)18-10-11-19(28-3)20(12-18)29-4/h5-12,16H,13-15H2,1-4H3,(H,22,24)/t16-/m1/s1. The van der Waals surface area contributed by atoms with Crippen LogP contribution in [0.5, 0.6) is 11.5 Å². The smallest absolute Gasteiger partial charge is 0.243 e. The molecule has 2 aromatic carbocycles. The molecule has 30 heavy (non-hydrogen) atoms. The number of rotatable bonds is 11. The summed E-state index contributed by atoms with van der Waals surface area (Å²) in [4.78, 5) is 12.5. The number of amides is 1. The maximum absolute atomic E-state index is 13.4. The summed E-state index contributed by atoms with van der Waals surface area (Å²) < 4.78 is 43.3. The molecular weight excluding hydrogens is 408 g/mol. The average Bonchev–Trinajstić information content (AvgIpc) is 2.73. The second-order valence-electron chi connectivity index (χ2n) is 6.70. The molecule has 164 valence electrons. The van der Waals surface area contributed by atoms with E-state index in [0.29, 0.717) is 12.4 Å². The van der Waals surface area contributed by atoms with Gasteiger partial charge in [0.15, 0.2) is 11.5 Å². The molecule has 0 fully saturated rings. The van der Waals surface area contributed by atoms with E-state index in [1.54, 1.807) is 6.92 Å². The minimum Gasteiger partial charge on any atom is -0.493 e. The van der Waals surface area contributed by atoms with Crippen molar-refractivity contribution in [3.63, 3.8) is 0 Å². The van der Waals surface area contributed by atoms with Crippen molar-refractivity contribution in [2.45, 2.75) is 24.4 Å². The Morgan fingerprint density at radius 3 is 2.30 bits per heavy atom. The van der Waals surface area contributed by atoms with Gasteiger partial charge in [0.2, 0.25) is 15.9 Å². The van der Waals surface area contributed by atoms with E-state index in [2.05, 4.69) is 5.32 Å². The summed E-state index contributed by atoms with van der Waals surface area (Å²) in [7, 11) is 0.442. The van der Waals surface area contributed by atoms with E-state index in [1.165, 1.54) is 39.5 Å². The predicted molar refractivity (Wildman–Crippen MR) is 113 cm³/mol. The number of ether oxygens (including phenoxy) is 3. The van der Waals surface area contributed by atoms with E-state index >= 15 is 0 Å². The number of carbonyl (C=O) groups is 1. The molecular formula is C21H28N2O6S. The molecule has 1 amide bonds. The number of hydrogen-bond donors (Lipinski definition) is 1. The van der Waals surface area contributed by atoms with Gasteiger partial charge in [-0.25, -0.2) is 8.42 Å². The van der Waals surface area contributed by atoms with Gasteiger partial charge < -0.3 is 19.5 Å². The fourth-order valence-electron chi connectivity index (χ4n) is 2.91. The molecule has 0 aliphatic rings. The van der Waals surface area contributed by atoms with Crippen molar-refractivity contribution in [1.29, 1.82) is 0 Å². The molecule has 0 aliphatic heterocycles. The normalized spacial score (nSPS) is 12.4. The molecule has 0 saturated heterocycles. The molecule has 0 saturated carbocycles. The Bertz CT molecular complexity index is 934. The lowest BCUT2D eigenvalue weighted by atomic mass is 10.2. The van der Waals surface area contributed by atoms with Crippen molar-refractivity contribution in [2.24, 2.45) is 0 Å². The SMILES string of the molecule is COC[C@@H](C)NC(=O)CN(Cc1ccccc1)S(=O)(=O)c1ccc(OC)c(OC)c1. The molecule has 0 radical (unpaired) electrons. The highest BCUT2D eigenvalue weighted by atomic mass is 32.2. The number of sulfonamides is 1. The third kappa shape index (κ3) is 6.19. The first-order chi connectivity index (χ1) is 14.3. The zero-order valence-corrected chi connectivity index (χ0v) is 18.4. The molecule has 2 rings (SSSR count). The summed E-state index contributed by atoms with van der Waals surface area (Å²) in [5.74, 6) is 0.285. The number of carbonyl (C=O) groups excluding carboxylic acids is 1. The average molecular weight is 437 g/mol. The van der Waals surface area contributed by atoms with E-state index in [0.717, 1.165) is 9.87 Å². The van der Waals surface area contributed by atoms with Crippen LogP contribution in [0.2, 0.25) is 0 Å². The van der Waals surface area contributed by atoms with E-state index < -0.39 is 15.9 Å². The van der Waals surface area contributed by atoms with Crippen LogP contribution in [0.15, 0.2) is 53.4 Å². The van der Waals surface area contributed by atoms with Crippen LogP contribution in [0, 0.1) is 0 Å². The summed E-state index contributed by atoms with van der Waals surface area (Å²) in [6, 6.07) is 13.2. The minimum atomic E-state index is -3.99. The fraction of sp³-hybridized carbons (Fsp3) is 0.381. The highest BCUT2D eigenvalue weighted by Gasteiger charge is 2.28. The largest absolute Gasteiger partial charge is 0.493 e. The fourth-order valence-corrected chi connectivity index (χ4v) is 4.31. The Labute approximate surface area is 177 Å². The lowest BCUT2D eigenvalue weighted by molar-refractivity contribution is -0.122. The van der Waals surface area contributed by atoms with Gasteiger partial charge in [0.05, 0.1) is 32.3 Å². The third-order valence-electron chi connectivity index (χ3n) is 4.34. The molecule has 8 nitrogen and oxygen atoms in total. The van der Waals surface area contributed by atoms with Crippen molar-refractivity contribution in [2.75, 3.05) is 34.5 Å². The lowest BCUT2D eigenvalue weighted by Crippen LogP contribution is -2.44. The predicted octanol–water partition coefficient (Wildman–Crippen LogP) is 2.05. The Balaban J connectivity index is 2.35. The first-order valence-electron chi connectivity index (χ1n) is 9.36. The molecule has 0 unspecified atom stereocenters.